The lowest BCUT2D eigenvalue weighted by atomic mass is 10.0. The molecule has 0 radical (unpaired) electrons. The largest absolute Gasteiger partial charge is 0.480 e. The maximum Gasteiger partial charge on any atom is 0.323 e. The highest BCUT2D eigenvalue weighted by atomic mass is 16.4. The predicted octanol–water partition coefficient (Wildman–Crippen LogP) is -0.342. The summed E-state index contributed by atoms with van der Waals surface area (Å²) < 4.78 is 0. The van der Waals surface area contributed by atoms with Crippen molar-refractivity contribution in [2.24, 2.45) is 11.7 Å². The van der Waals surface area contributed by atoms with Crippen LogP contribution in [0.5, 0.6) is 0 Å². The molecule has 80 valence electrons. The van der Waals surface area contributed by atoms with Gasteiger partial charge in [-0.25, -0.2) is 0 Å². The van der Waals surface area contributed by atoms with E-state index in [0.717, 1.165) is 19.3 Å². The summed E-state index contributed by atoms with van der Waals surface area (Å²) in [7, 11) is 0. The number of rotatable bonds is 5. The van der Waals surface area contributed by atoms with Gasteiger partial charge in [-0.15, -0.1) is 0 Å². The number of hydrogen-bond donors (Lipinski definition) is 2. The van der Waals surface area contributed by atoms with Crippen LogP contribution in [0, 0.1) is 5.92 Å². The number of hydrogen-bond acceptors (Lipinski definition) is 3. The Kier molecular flexibility index (Phi) is 3.88. The Morgan fingerprint density at radius 1 is 1.64 bits per heavy atom. The minimum Gasteiger partial charge on any atom is -0.480 e. The van der Waals surface area contributed by atoms with E-state index in [-0.39, 0.29) is 18.4 Å². The van der Waals surface area contributed by atoms with Crippen LogP contribution in [0.25, 0.3) is 0 Å². The second-order valence-electron chi connectivity index (χ2n) is 3.57. The number of nitrogens with two attached hydrogens (primary N) is 1. The molecule has 1 rings (SSSR count). The smallest absolute Gasteiger partial charge is 0.323 e. The molecule has 1 aliphatic heterocycles. The highest BCUT2D eigenvalue weighted by molar-refractivity contribution is 5.84. The summed E-state index contributed by atoms with van der Waals surface area (Å²) in [6, 6.07) is 0. The van der Waals surface area contributed by atoms with Crippen LogP contribution in [0.4, 0.5) is 0 Å². The Morgan fingerprint density at radius 2 is 2.36 bits per heavy atom. The standard InChI is InChI=1S/C9H16N2O3/c10-4-1-2-7-3-5-11(9(7)14)6-8(12)13/h7H,1-6,10H2,(H,12,13)/t7-/m0/s1. The minimum atomic E-state index is -0.946. The van der Waals surface area contributed by atoms with Gasteiger partial charge in [-0.05, 0) is 25.8 Å². The molecule has 5 nitrogen and oxygen atoms in total. The van der Waals surface area contributed by atoms with E-state index in [1.165, 1.54) is 4.90 Å². The van der Waals surface area contributed by atoms with Crippen molar-refractivity contribution in [2.45, 2.75) is 19.3 Å². The molecular formula is C9H16N2O3. The Bertz CT molecular complexity index is 230. The van der Waals surface area contributed by atoms with E-state index in [1.807, 2.05) is 0 Å². The van der Waals surface area contributed by atoms with Gasteiger partial charge < -0.3 is 15.7 Å². The third-order valence-corrected chi connectivity index (χ3v) is 2.49. The van der Waals surface area contributed by atoms with Crippen LogP contribution in [-0.4, -0.2) is 41.5 Å². The number of carbonyl (C=O) groups excluding carboxylic acids is 1. The number of carboxylic acid groups (broad SMARTS) is 1. The average molecular weight is 200 g/mol. The van der Waals surface area contributed by atoms with Crippen LogP contribution in [0.2, 0.25) is 0 Å². The molecule has 0 aromatic carbocycles. The van der Waals surface area contributed by atoms with E-state index >= 15 is 0 Å². The van der Waals surface area contributed by atoms with Gasteiger partial charge >= 0.3 is 5.97 Å². The quantitative estimate of drug-likeness (QED) is 0.636. The first kappa shape index (κ1) is 11.0. The Labute approximate surface area is 82.9 Å². The third-order valence-electron chi connectivity index (χ3n) is 2.49. The average Bonchev–Trinajstić information content (AvgIpc) is 2.45. The van der Waals surface area contributed by atoms with Gasteiger partial charge in [0.25, 0.3) is 0 Å². The van der Waals surface area contributed by atoms with Crippen molar-refractivity contribution in [3.63, 3.8) is 0 Å². The van der Waals surface area contributed by atoms with Crippen molar-refractivity contribution in [2.75, 3.05) is 19.6 Å². The summed E-state index contributed by atoms with van der Waals surface area (Å²) in [5, 5.41) is 8.54. The van der Waals surface area contributed by atoms with E-state index in [9.17, 15) is 9.59 Å². The number of carboxylic acids is 1. The molecule has 1 aliphatic rings. The van der Waals surface area contributed by atoms with Crippen LogP contribution >= 0.6 is 0 Å². The molecule has 1 heterocycles. The minimum absolute atomic E-state index is 0.00194. The summed E-state index contributed by atoms with van der Waals surface area (Å²) >= 11 is 0. The van der Waals surface area contributed by atoms with Crippen molar-refractivity contribution < 1.29 is 14.7 Å². The number of likely N-dealkylation sites (tertiary alicyclic amines) is 1. The van der Waals surface area contributed by atoms with Crippen LogP contribution in [0.3, 0.4) is 0 Å². The van der Waals surface area contributed by atoms with E-state index < -0.39 is 5.97 Å². The van der Waals surface area contributed by atoms with Crippen molar-refractivity contribution in [3.05, 3.63) is 0 Å². The number of amides is 1. The molecule has 1 atom stereocenters. The Morgan fingerprint density at radius 3 is 2.93 bits per heavy atom. The molecule has 0 saturated carbocycles. The van der Waals surface area contributed by atoms with E-state index in [2.05, 4.69) is 0 Å². The first-order valence-electron chi connectivity index (χ1n) is 4.85. The summed E-state index contributed by atoms with van der Waals surface area (Å²) in [6.45, 7) is 0.987. The second-order valence-corrected chi connectivity index (χ2v) is 3.57. The fourth-order valence-electron chi connectivity index (χ4n) is 1.76. The lowest BCUT2D eigenvalue weighted by Crippen LogP contribution is -2.32. The maximum absolute atomic E-state index is 11.6. The van der Waals surface area contributed by atoms with Crippen LogP contribution in [-0.2, 0) is 9.59 Å². The van der Waals surface area contributed by atoms with Crippen LogP contribution in [0.15, 0.2) is 0 Å². The molecule has 3 N–H and O–H groups in total. The van der Waals surface area contributed by atoms with Gasteiger partial charge in [0.2, 0.25) is 5.91 Å². The van der Waals surface area contributed by atoms with Crippen molar-refractivity contribution in [1.29, 1.82) is 0 Å². The van der Waals surface area contributed by atoms with Crippen molar-refractivity contribution in [1.82, 2.24) is 4.90 Å². The Balaban J connectivity index is 2.39. The van der Waals surface area contributed by atoms with Gasteiger partial charge in [0, 0.05) is 12.5 Å². The fraction of sp³-hybridized carbons (Fsp3) is 0.778. The molecule has 5 heteroatoms. The van der Waals surface area contributed by atoms with Gasteiger partial charge in [-0.2, -0.15) is 0 Å². The summed E-state index contributed by atoms with van der Waals surface area (Å²) in [5.41, 5.74) is 5.35. The third kappa shape index (κ3) is 2.70. The van der Waals surface area contributed by atoms with Crippen molar-refractivity contribution >= 4 is 11.9 Å². The molecule has 1 amide bonds. The van der Waals surface area contributed by atoms with Gasteiger partial charge in [-0.3, -0.25) is 9.59 Å². The molecule has 0 unspecified atom stereocenters. The first-order chi connectivity index (χ1) is 6.65. The summed E-state index contributed by atoms with van der Waals surface area (Å²) in [4.78, 5) is 23.4. The molecule has 1 fully saturated rings. The van der Waals surface area contributed by atoms with E-state index in [4.69, 9.17) is 10.8 Å². The van der Waals surface area contributed by atoms with E-state index in [1.54, 1.807) is 0 Å². The maximum atomic E-state index is 11.6. The van der Waals surface area contributed by atoms with Gasteiger partial charge in [0.05, 0.1) is 0 Å². The topological polar surface area (TPSA) is 83.6 Å². The molecule has 0 bridgehead atoms. The van der Waals surface area contributed by atoms with Gasteiger partial charge in [0.1, 0.15) is 6.54 Å². The molecular weight excluding hydrogens is 184 g/mol. The number of aliphatic carboxylic acids is 1. The van der Waals surface area contributed by atoms with Gasteiger partial charge in [0.15, 0.2) is 0 Å². The predicted molar refractivity (Wildman–Crippen MR) is 50.6 cm³/mol. The summed E-state index contributed by atoms with van der Waals surface area (Å²) in [6.07, 6.45) is 2.38. The fourth-order valence-corrected chi connectivity index (χ4v) is 1.76. The Hall–Kier alpha value is -1.10. The summed E-state index contributed by atoms with van der Waals surface area (Å²) in [5.74, 6) is -0.975. The zero-order chi connectivity index (χ0) is 10.6. The molecule has 0 aromatic heterocycles. The number of carbonyl (C=O) groups is 2. The SMILES string of the molecule is NCCC[C@H]1CCN(CC(=O)O)C1=O. The first-order valence-corrected chi connectivity index (χ1v) is 4.85. The van der Waals surface area contributed by atoms with Crippen LogP contribution in [0.1, 0.15) is 19.3 Å². The van der Waals surface area contributed by atoms with Crippen molar-refractivity contribution in [3.8, 4) is 0 Å². The van der Waals surface area contributed by atoms with Gasteiger partial charge in [-0.1, -0.05) is 0 Å². The number of nitrogens with zero attached hydrogens (tertiary/aromatic N) is 1. The highest BCUT2D eigenvalue weighted by Crippen LogP contribution is 2.21. The molecule has 1 saturated heterocycles. The molecule has 0 aromatic rings. The monoisotopic (exact) mass is 200 g/mol. The molecule has 0 aliphatic carbocycles. The van der Waals surface area contributed by atoms with E-state index in [0.29, 0.717) is 13.1 Å². The van der Waals surface area contributed by atoms with Crippen LogP contribution < -0.4 is 5.73 Å². The lowest BCUT2D eigenvalue weighted by molar-refractivity contribution is -0.143. The zero-order valence-corrected chi connectivity index (χ0v) is 8.11. The normalized spacial score (nSPS) is 21.6. The second kappa shape index (κ2) is 4.95. The molecule has 14 heavy (non-hydrogen) atoms. The zero-order valence-electron chi connectivity index (χ0n) is 8.11. The molecule has 0 spiro atoms. The lowest BCUT2D eigenvalue weighted by Gasteiger charge is -2.13. The highest BCUT2D eigenvalue weighted by Gasteiger charge is 2.31.